The van der Waals surface area contributed by atoms with Gasteiger partial charge in [-0.2, -0.15) is 27.4 Å². The van der Waals surface area contributed by atoms with Crippen molar-refractivity contribution in [2.24, 2.45) is 5.92 Å². The minimum absolute atomic E-state index is 0. The summed E-state index contributed by atoms with van der Waals surface area (Å²) in [5, 5.41) is 3.78. The summed E-state index contributed by atoms with van der Waals surface area (Å²) in [4.78, 5) is 0. The van der Waals surface area contributed by atoms with Gasteiger partial charge in [0.2, 0.25) is 0 Å². The molecule has 0 saturated heterocycles. The normalized spacial score (nSPS) is 19.9. The van der Waals surface area contributed by atoms with Gasteiger partial charge in [0, 0.05) is 0 Å². The molecule has 0 aliphatic heterocycles. The van der Waals surface area contributed by atoms with Crippen LogP contribution < -0.4 is 47.6 Å². The van der Waals surface area contributed by atoms with Crippen LogP contribution in [0.5, 0.6) is 0 Å². The van der Waals surface area contributed by atoms with E-state index in [1.165, 1.54) is 60.8 Å². The number of rotatable bonds is 6. The fraction of sp³-hybridized carbons (Fsp3) is 0.516. The predicted octanol–water partition coefficient (Wildman–Crippen LogP) is -2.05. The molecule has 0 N–H and O–H groups in total. The maximum absolute atomic E-state index is 2.70. The number of benzene rings is 1. The second-order valence-corrected chi connectivity index (χ2v) is 13.8. The fourth-order valence-electron chi connectivity index (χ4n) is 6.84. The van der Waals surface area contributed by atoms with Crippen molar-refractivity contribution in [2.45, 2.75) is 97.9 Å². The van der Waals surface area contributed by atoms with E-state index in [2.05, 4.69) is 84.0 Å². The van der Waals surface area contributed by atoms with Crippen molar-refractivity contribution in [3.63, 3.8) is 0 Å². The van der Waals surface area contributed by atoms with Crippen molar-refractivity contribution in [3.05, 3.63) is 75.9 Å². The monoisotopic (exact) mass is 596 g/mol. The first-order valence-corrected chi connectivity index (χ1v) is 14.9. The molecule has 2 aliphatic rings. The molecule has 0 spiro atoms. The smallest absolute Gasteiger partial charge is 1.00 e. The van der Waals surface area contributed by atoms with Gasteiger partial charge >= 0.3 is 21.7 Å². The molecule has 5 heteroatoms. The van der Waals surface area contributed by atoms with Gasteiger partial charge in [-0.15, -0.1) is 0 Å². The zero-order valence-electron chi connectivity index (χ0n) is 23.0. The molecule has 2 aromatic carbocycles. The summed E-state index contributed by atoms with van der Waals surface area (Å²) in [6.45, 7) is 14.2. The molecule has 2 atom stereocenters. The molecule has 196 valence electrons. The Kier molecular flexibility index (Phi) is 15.4. The summed E-state index contributed by atoms with van der Waals surface area (Å²) in [6.07, 6.45) is 20.4. The molecule has 0 bridgehead atoms. The average molecular weight is 598 g/mol. The number of hydrogen-bond acceptors (Lipinski definition) is 0. The Labute approximate surface area is 256 Å². The van der Waals surface area contributed by atoms with Crippen LogP contribution in [0.3, 0.4) is 0 Å². The number of halogens is 3. The van der Waals surface area contributed by atoms with Crippen molar-refractivity contribution in [1.29, 1.82) is 0 Å². The Morgan fingerprint density at radius 1 is 0.806 bits per heavy atom. The quantitative estimate of drug-likeness (QED) is 0.266. The molecule has 1 fully saturated rings. The number of allylic oxidation sites excluding steroid dienone is 4. The van der Waals surface area contributed by atoms with Crippen LogP contribution >= 0.6 is 0 Å². The van der Waals surface area contributed by atoms with E-state index in [-0.39, 0.29) is 58.9 Å². The molecule has 0 aromatic heterocycles. The molecule has 4 rings (SSSR count). The van der Waals surface area contributed by atoms with Gasteiger partial charge in [-0.3, -0.25) is 0 Å². The molecular formula is C31H43Cl3SiTi. The topological polar surface area (TPSA) is 0 Å². The second kappa shape index (κ2) is 15.4. The van der Waals surface area contributed by atoms with Gasteiger partial charge < -0.3 is 37.2 Å². The Balaban J connectivity index is 0.00000306. The van der Waals surface area contributed by atoms with Gasteiger partial charge in [0.15, 0.2) is 0 Å². The minimum atomic E-state index is -1.55. The Morgan fingerprint density at radius 3 is 1.78 bits per heavy atom. The van der Waals surface area contributed by atoms with Gasteiger partial charge in [-0.25, -0.2) is 0 Å². The maximum atomic E-state index is 2.70. The van der Waals surface area contributed by atoms with E-state index in [9.17, 15) is 0 Å². The maximum Gasteiger partial charge on any atom is 4.00 e. The summed E-state index contributed by atoms with van der Waals surface area (Å²) < 4.78 is 0. The van der Waals surface area contributed by atoms with Crippen molar-refractivity contribution in [1.82, 2.24) is 0 Å². The molecular weight excluding hydrogens is 555 g/mol. The van der Waals surface area contributed by atoms with Crippen LogP contribution in [0, 0.1) is 33.6 Å². The van der Waals surface area contributed by atoms with E-state index in [4.69, 9.17) is 0 Å². The van der Waals surface area contributed by atoms with Crippen molar-refractivity contribution < 1.29 is 58.9 Å². The summed E-state index contributed by atoms with van der Waals surface area (Å²) in [6, 6.07) is 7.69. The molecule has 2 unspecified atom stereocenters. The molecule has 2 aromatic rings. The van der Waals surface area contributed by atoms with E-state index >= 15 is 0 Å². The summed E-state index contributed by atoms with van der Waals surface area (Å²) in [5.41, 5.74) is 9.31. The Hall–Kier alpha value is -0.149. The van der Waals surface area contributed by atoms with E-state index in [0.717, 1.165) is 18.8 Å². The first kappa shape index (κ1) is 35.9. The Bertz CT molecular complexity index is 985. The van der Waals surface area contributed by atoms with Crippen LogP contribution in [0.2, 0.25) is 5.04 Å². The molecule has 2 aliphatic carbocycles. The second-order valence-electron chi connectivity index (χ2n) is 10.6. The average Bonchev–Trinajstić information content (AvgIpc) is 3.03. The number of aryl methyl sites for hydroxylation is 2. The summed E-state index contributed by atoms with van der Waals surface area (Å²) in [5.74, 6) is 0.818. The third-order valence-corrected chi connectivity index (χ3v) is 13.5. The van der Waals surface area contributed by atoms with Gasteiger partial charge in [0.05, 0.1) is 8.80 Å². The first-order chi connectivity index (χ1) is 15.4. The van der Waals surface area contributed by atoms with Crippen molar-refractivity contribution >= 4 is 19.2 Å². The molecule has 0 amide bonds. The van der Waals surface area contributed by atoms with Gasteiger partial charge in [0.1, 0.15) is 0 Å². The van der Waals surface area contributed by atoms with Crippen molar-refractivity contribution in [2.75, 3.05) is 0 Å². The van der Waals surface area contributed by atoms with Crippen molar-refractivity contribution in [3.8, 4) is 0 Å². The SMILES string of the molecule is CCc1cc(CC)cc([SiH]([c-]2c(C)c(C)c(C)c2C)C2(C3CCCCC3)C=CC=CC2)c1.[Cl-].[Cl-].[Cl-].[Ti+4]. The minimum Gasteiger partial charge on any atom is -1.00 e. The van der Waals surface area contributed by atoms with E-state index in [1.54, 1.807) is 21.5 Å². The zero-order chi connectivity index (χ0) is 22.9. The van der Waals surface area contributed by atoms with E-state index in [1.807, 2.05) is 0 Å². The van der Waals surface area contributed by atoms with Crippen LogP contribution in [-0.4, -0.2) is 8.80 Å². The molecule has 0 radical (unpaired) electrons. The van der Waals surface area contributed by atoms with E-state index in [0.29, 0.717) is 5.04 Å². The third kappa shape index (κ3) is 6.70. The van der Waals surface area contributed by atoms with Crippen LogP contribution in [0.25, 0.3) is 0 Å². The first-order valence-electron chi connectivity index (χ1n) is 13.1. The van der Waals surface area contributed by atoms with Crippen LogP contribution in [0.1, 0.15) is 85.8 Å². The fourth-order valence-corrected chi connectivity index (χ4v) is 11.9. The van der Waals surface area contributed by atoms with Crippen LogP contribution in [0.4, 0.5) is 0 Å². The third-order valence-electron chi connectivity index (χ3n) is 9.04. The molecule has 0 heterocycles. The molecule has 36 heavy (non-hydrogen) atoms. The molecule has 1 saturated carbocycles. The largest absolute Gasteiger partial charge is 4.00 e. The summed E-state index contributed by atoms with van der Waals surface area (Å²) in [7, 11) is -1.55. The van der Waals surface area contributed by atoms with Gasteiger partial charge in [0.25, 0.3) is 0 Å². The summed E-state index contributed by atoms with van der Waals surface area (Å²) >= 11 is 0. The molecule has 0 nitrogen and oxygen atoms in total. The number of hydrogen-bond donors (Lipinski definition) is 0. The zero-order valence-corrected chi connectivity index (χ0v) is 28.0. The predicted molar refractivity (Wildman–Crippen MR) is 145 cm³/mol. The Morgan fingerprint density at radius 2 is 1.33 bits per heavy atom. The standard InChI is InChI=1S/C31H43Si.3ClH.Ti/c1-7-26-19-27(8-2)21-29(20-26)32(30-24(5)22(3)23(4)25(30)6)31(17-13-10-14-18-31)28-15-11-9-12-16-28;;;;/h10,13-14,17,19-21,28,32H,7-9,11-12,15-16,18H2,1-6H3;3*1H;/q-1;;;;+4/p-3. The van der Waals surface area contributed by atoms with Gasteiger partial charge in [-0.1, -0.05) is 108 Å². The van der Waals surface area contributed by atoms with E-state index < -0.39 is 8.80 Å². The van der Waals surface area contributed by atoms with Crippen LogP contribution in [0.15, 0.2) is 42.5 Å². The van der Waals surface area contributed by atoms with Crippen LogP contribution in [-0.2, 0) is 34.6 Å². The van der Waals surface area contributed by atoms with Gasteiger partial charge in [-0.05, 0) is 54.2 Å².